The lowest BCUT2D eigenvalue weighted by atomic mass is 10.0. The molecule has 0 unspecified atom stereocenters. The molecule has 0 aliphatic rings. The van der Waals surface area contributed by atoms with Gasteiger partial charge in [-0.15, -0.1) is 0 Å². The van der Waals surface area contributed by atoms with Crippen LogP contribution in [-0.2, 0) is 32.6 Å². The molecule has 0 spiro atoms. The number of sulfonamides is 1. The molecule has 1 atom stereocenters. The molecule has 9 heteroatoms. The summed E-state index contributed by atoms with van der Waals surface area (Å²) in [5.41, 5.74) is 3.63. The number of amides is 2. The summed E-state index contributed by atoms with van der Waals surface area (Å²) in [6, 6.07) is 29.0. The van der Waals surface area contributed by atoms with Crippen LogP contribution in [0.4, 0.5) is 5.69 Å². The predicted octanol–water partition coefficient (Wildman–Crippen LogP) is 6.32. The zero-order valence-electron chi connectivity index (χ0n) is 25.4. The number of carbonyl (C=O) groups is 2. The third-order valence-corrected chi connectivity index (χ3v) is 9.18. The van der Waals surface area contributed by atoms with E-state index in [2.05, 4.69) is 5.32 Å². The standard InChI is InChI=1S/C35H38ClN3O4S/c1-25(2)37-35(41)33(22-28-13-7-5-8-14-28)38(23-29-15-11-12-26(3)20-29)34(40)24-39(32-19-18-30(36)21-27(32)4)44(42,43)31-16-9-6-10-17-31/h5-21,25,33H,22-24H2,1-4H3,(H,37,41)/t33-/m0/s1. The first-order chi connectivity index (χ1) is 21.0. The van der Waals surface area contributed by atoms with E-state index in [0.717, 1.165) is 21.0 Å². The Bertz CT molecular complexity index is 1700. The van der Waals surface area contributed by atoms with Gasteiger partial charge in [-0.25, -0.2) is 8.42 Å². The molecule has 0 aliphatic carbocycles. The fourth-order valence-electron chi connectivity index (χ4n) is 5.07. The quantitative estimate of drug-likeness (QED) is 0.198. The maximum Gasteiger partial charge on any atom is 0.264 e. The van der Waals surface area contributed by atoms with Gasteiger partial charge in [-0.2, -0.15) is 0 Å². The minimum absolute atomic E-state index is 0.0470. The number of nitrogens with one attached hydrogen (secondary N) is 1. The lowest BCUT2D eigenvalue weighted by Crippen LogP contribution is -2.54. The molecular formula is C35H38ClN3O4S. The highest BCUT2D eigenvalue weighted by atomic mass is 35.5. The van der Waals surface area contributed by atoms with Crippen molar-refractivity contribution in [1.82, 2.24) is 10.2 Å². The lowest BCUT2D eigenvalue weighted by Gasteiger charge is -2.34. The van der Waals surface area contributed by atoms with Crippen molar-refractivity contribution in [2.24, 2.45) is 0 Å². The van der Waals surface area contributed by atoms with Crippen molar-refractivity contribution < 1.29 is 18.0 Å². The Labute approximate surface area is 265 Å². The van der Waals surface area contributed by atoms with E-state index in [1.807, 2.05) is 75.4 Å². The number of anilines is 1. The molecule has 4 aromatic carbocycles. The minimum atomic E-state index is -4.18. The van der Waals surface area contributed by atoms with E-state index in [0.29, 0.717) is 16.3 Å². The third kappa shape index (κ3) is 8.27. The monoisotopic (exact) mass is 631 g/mol. The Morgan fingerprint density at radius 1 is 0.818 bits per heavy atom. The molecule has 0 fully saturated rings. The van der Waals surface area contributed by atoms with Crippen molar-refractivity contribution in [3.05, 3.63) is 130 Å². The number of halogens is 1. The van der Waals surface area contributed by atoms with Crippen LogP contribution in [0.2, 0.25) is 5.02 Å². The summed E-state index contributed by atoms with van der Waals surface area (Å²) < 4.78 is 29.3. The molecule has 0 saturated carbocycles. The van der Waals surface area contributed by atoms with E-state index in [-0.39, 0.29) is 29.8 Å². The van der Waals surface area contributed by atoms with Crippen molar-refractivity contribution in [3.63, 3.8) is 0 Å². The Hall–Kier alpha value is -4.14. The highest BCUT2D eigenvalue weighted by Gasteiger charge is 2.35. The van der Waals surface area contributed by atoms with Gasteiger partial charge >= 0.3 is 0 Å². The molecule has 0 saturated heterocycles. The van der Waals surface area contributed by atoms with Gasteiger partial charge in [-0.3, -0.25) is 13.9 Å². The zero-order valence-corrected chi connectivity index (χ0v) is 27.0. The highest BCUT2D eigenvalue weighted by molar-refractivity contribution is 7.92. The largest absolute Gasteiger partial charge is 0.352 e. The van der Waals surface area contributed by atoms with Crippen LogP contribution in [0.15, 0.2) is 108 Å². The maximum absolute atomic E-state index is 14.5. The second-order valence-electron chi connectivity index (χ2n) is 11.1. The number of hydrogen-bond acceptors (Lipinski definition) is 4. The van der Waals surface area contributed by atoms with Crippen LogP contribution in [0, 0.1) is 13.8 Å². The molecule has 4 rings (SSSR count). The summed E-state index contributed by atoms with van der Waals surface area (Å²) in [5, 5.41) is 3.42. The van der Waals surface area contributed by atoms with E-state index in [4.69, 9.17) is 11.6 Å². The molecule has 0 radical (unpaired) electrons. The first-order valence-electron chi connectivity index (χ1n) is 14.5. The smallest absolute Gasteiger partial charge is 0.264 e. The van der Waals surface area contributed by atoms with Gasteiger partial charge in [0.25, 0.3) is 10.0 Å². The van der Waals surface area contributed by atoms with Gasteiger partial charge in [0, 0.05) is 24.0 Å². The number of benzene rings is 4. The maximum atomic E-state index is 14.5. The van der Waals surface area contributed by atoms with Gasteiger partial charge in [0.05, 0.1) is 10.6 Å². The van der Waals surface area contributed by atoms with Gasteiger partial charge < -0.3 is 10.2 Å². The van der Waals surface area contributed by atoms with E-state index >= 15 is 0 Å². The molecule has 44 heavy (non-hydrogen) atoms. The first kappa shape index (κ1) is 32.8. The summed E-state index contributed by atoms with van der Waals surface area (Å²) in [6.45, 7) is 7.02. The Balaban J connectivity index is 1.82. The summed E-state index contributed by atoms with van der Waals surface area (Å²) in [4.78, 5) is 29.8. The van der Waals surface area contributed by atoms with Crippen LogP contribution in [0.1, 0.15) is 36.1 Å². The van der Waals surface area contributed by atoms with Crippen LogP contribution in [0.5, 0.6) is 0 Å². The van der Waals surface area contributed by atoms with Gasteiger partial charge in [0.2, 0.25) is 11.8 Å². The van der Waals surface area contributed by atoms with Gasteiger partial charge in [-0.05, 0) is 74.7 Å². The molecule has 0 aromatic heterocycles. The molecule has 0 heterocycles. The van der Waals surface area contributed by atoms with Crippen molar-refractivity contribution in [2.45, 2.75) is 57.6 Å². The van der Waals surface area contributed by atoms with Crippen molar-refractivity contribution in [1.29, 1.82) is 0 Å². The molecule has 2 amide bonds. The number of rotatable bonds is 12. The van der Waals surface area contributed by atoms with Gasteiger partial charge in [-0.1, -0.05) is 90.0 Å². The molecule has 7 nitrogen and oxygen atoms in total. The van der Waals surface area contributed by atoms with Gasteiger partial charge in [0.1, 0.15) is 12.6 Å². The van der Waals surface area contributed by atoms with Crippen LogP contribution in [0.25, 0.3) is 0 Å². The Morgan fingerprint density at radius 3 is 2.07 bits per heavy atom. The summed E-state index contributed by atoms with van der Waals surface area (Å²) in [5.74, 6) is -0.829. The van der Waals surface area contributed by atoms with Crippen LogP contribution in [0.3, 0.4) is 0 Å². The van der Waals surface area contributed by atoms with Crippen molar-refractivity contribution in [3.8, 4) is 0 Å². The average Bonchev–Trinajstić information content (AvgIpc) is 2.98. The Morgan fingerprint density at radius 2 is 1.45 bits per heavy atom. The third-order valence-electron chi connectivity index (χ3n) is 7.18. The number of carbonyl (C=O) groups excluding carboxylic acids is 2. The van der Waals surface area contributed by atoms with Crippen molar-refractivity contribution >= 4 is 39.1 Å². The van der Waals surface area contributed by atoms with Crippen LogP contribution >= 0.6 is 11.6 Å². The fraction of sp³-hybridized carbons (Fsp3) is 0.257. The number of aryl methyl sites for hydroxylation is 2. The summed E-state index contributed by atoms with van der Waals surface area (Å²) in [6.07, 6.45) is 0.252. The van der Waals surface area contributed by atoms with E-state index in [1.165, 1.54) is 17.0 Å². The number of nitrogens with zero attached hydrogens (tertiary/aromatic N) is 2. The molecular weight excluding hydrogens is 594 g/mol. The summed E-state index contributed by atoms with van der Waals surface area (Å²) in [7, 11) is -4.18. The predicted molar refractivity (Wildman–Crippen MR) is 176 cm³/mol. The summed E-state index contributed by atoms with van der Waals surface area (Å²) >= 11 is 6.22. The molecule has 0 aliphatic heterocycles. The SMILES string of the molecule is Cc1cccc(CN(C(=O)CN(c2ccc(Cl)cc2C)S(=O)(=O)c2ccccc2)[C@@H](Cc2ccccc2)C(=O)NC(C)C)c1. The first-order valence-corrected chi connectivity index (χ1v) is 16.3. The lowest BCUT2D eigenvalue weighted by molar-refractivity contribution is -0.140. The fourth-order valence-corrected chi connectivity index (χ4v) is 6.80. The van der Waals surface area contributed by atoms with Crippen LogP contribution < -0.4 is 9.62 Å². The molecule has 0 bridgehead atoms. The number of hydrogen-bond donors (Lipinski definition) is 1. The zero-order chi connectivity index (χ0) is 31.9. The van der Waals surface area contributed by atoms with Gasteiger partial charge in [0.15, 0.2) is 0 Å². The average molecular weight is 632 g/mol. The topological polar surface area (TPSA) is 86.8 Å². The van der Waals surface area contributed by atoms with Crippen molar-refractivity contribution in [2.75, 3.05) is 10.8 Å². The molecule has 1 N–H and O–H groups in total. The Kier molecular flexibility index (Phi) is 10.8. The molecule has 230 valence electrons. The minimum Gasteiger partial charge on any atom is -0.352 e. The van der Waals surface area contributed by atoms with Crippen LogP contribution in [-0.4, -0.2) is 43.8 Å². The van der Waals surface area contributed by atoms with E-state index in [9.17, 15) is 18.0 Å². The second kappa shape index (κ2) is 14.6. The van der Waals surface area contributed by atoms with E-state index in [1.54, 1.807) is 43.3 Å². The second-order valence-corrected chi connectivity index (χ2v) is 13.4. The molecule has 4 aromatic rings. The van der Waals surface area contributed by atoms with E-state index < -0.39 is 28.5 Å². The highest BCUT2D eigenvalue weighted by Crippen LogP contribution is 2.29. The normalized spacial score (nSPS) is 12.0.